The quantitative estimate of drug-likeness (QED) is 0.287. The van der Waals surface area contributed by atoms with Crippen molar-refractivity contribution < 1.29 is 4.43 Å². The molecule has 0 spiro atoms. The third-order valence-electron chi connectivity index (χ3n) is 12.2. The summed E-state index contributed by atoms with van der Waals surface area (Å²) >= 11 is 0. The normalized spacial score (nSPS) is 43.1. The Bertz CT molecular complexity index is 774. The zero-order valence-corrected chi connectivity index (χ0v) is 24.5. The SMILES string of the molecule is C=C[C@@H](C)[C@@H](C)[C@H]1CC[C@H]2[C@@H]3CC=C4C[C@@H](O[Si](C)(C)C(C)(C)C)CC[C@]4(C)[C@H]3CC[C@]12C. The van der Waals surface area contributed by atoms with Crippen molar-refractivity contribution in [2.75, 3.05) is 0 Å². The first kappa shape index (κ1) is 25.7. The Morgan fingerprint density at radius 3 is 2.39 bits per heavy atom. The van der Waals surface area contributed by atoms with E-state index in [-0.39, 0.29) is 0 Å². The van der Waals surface area contributed by atoms with Gasteiger partial charge in [0, 0.05) is 6.10 Å². The number of hydrogen-bond donors (Lipinski definition) is 0. The summed E-state index contributed by atoms with van der Waals surface area (Å²) in [5, 5.41) is 0.298. The predicted molar refractivity (Wildman–Crippen MR) is 146 cm³/mol. The fourth-order valence-electron chi connectivity index (χ4n) is 8.81. The van der Waals surface area contributed by atoms with Crippen LogP contribution >= 0.6 is 0 Å². The van der Waals surface area contributed by atoms with Gasteiger partial charge >= 0.3 is 0 Å². The average Bonchev–Trinajstić information content (AvgIpc) is 3.09. The van der Waals surface area contributed by atoms with E-state index in [2.05, 4.69) is 80.3 Å². The molecule has 4 aliphatic rings. The van der Waals surface area contributed by atoms with Gasteiger partial charge in [-0.2, -0.15) is 0 Å². The van der Waals surface area contributed by atoms with Crippen molar-refractivity contribution in [3.8, 4) is 0 Å². The molecule has 3 fully saturated rings. The summed E-state index contributed by atoms with van der Waals surface area (Å²) in [7, 11) is -1.70. The minimum atomic E-state index is -1.70. The Morgan fingerprint density at radius 1 is 1.06 bits per heavy atom. The molecule has 9 atom stereocenters. The molecule has 4 rings (SSSR count). The molecule has 3 saturated carbocycles. The highest BCUT2D eigenvalue weighted by atomic mass is 28.4. The summed E-state index contributed by atoms with van der Waals surface area (Å²) in [6.45, 7) is 26.3. The lowest BCUT2D eigenvalue weighted by Gasteiger charge is -2.59. The third-order valence-corrected chi connectivity index (χ3v) is 16.8. The standard InChI is InChI=1S/C31H54OSi/c1-11-21(2)22(3)26-14-15-27-25-13-12-23-20-24(32-33(9,10)29(4,5)6)16-18-30(23,7)28(25)17-19-31(26,27)8/h11-12,21-22,24-28H,1,13-20H2,2-10H3/t21-,22-,24+,25+,26-,27+,28+,30+,31-/m1/s1. The molecule has 0 heterocycles. The smallest absolute Gasteiger partial charge is 0.192 e. The maximum atomic E-state index is 6.92. The van der Waals surface area contributed by atoms with E-state index in [1.165, 1.54) is 51.4 Å². The van der Waals surface area contributed by atoms with E-state index in [0.29, 0.717) is 27.9 Å². The molecule has 1 nitrogen and oxygen atoms in total. The maximum absolute atomic E-state index is 6.92. The minimum Gasteiger partial charge on any atom is -0.414 e. The second kappa shape index (κ2) is 8.65. The van der Waals surface area contributed by atoms with Gasteiger partial charge in [0.1, 0.15) is 0 Å². The molecule has 0 aliphatic heterocycles. The first-order chi connectivity index (χ1) is 15.2. The Hall–Kier alpha value is -0.343. The van der Waals surface area contributed by atoms with E-state index in [1.54, 1.807) is 5.57 Å². The van der Waals surface area contributed by atoms with E-state index in [1.807, 2.05) is 0 Å². The molecule has 33 heavy (non-hydrogen) atoms. The van der Waals surface area contributed by atoms with Crippen LogP contribution in [-0.4, -0.2) is 14.4 Å². The molecule has 0 amide bonds. The molecule has 0 N–H and O–H groups in total. The number of hydrogen-bond acceptors (Lipinski definition) is 1. The summed E-state index contributed by atoms with van der Waals surface area (Å²) in [5.74, 6) is 5.01. The van der Waals surface area contributed by atoms with Crippen LogP contribution in [0.3, 0.4) is 0 Å². The molecular weight excluding hydrogens is 416 g/mol. The van der Waals surface area contributed by atoms with Crippen molar-refractivity contribution in [2.24, 2.45) is 46.3 Å². The second-order valence-electron chi connectivity index (χ2n) is 14.7. The van der Waals surface area contributed by atoms with Crippen LogP contribution in [0, 0.1) is 46.3 Å². The van der Waals surface area contributed by atoms with E-state index < -0.39 is 8.32 Å². The van der Waals surface area contributed by atoms with Crippen LogP contribution in [0.2, 0.25) is 18.1 Å². The van der Waals surface area contributed by atoms with E-state index >= 15 is 0 Å². The molecular formula is C31H54OSi. The fraction of sp³-hybridized carbons (Fsp3) is 0.871. The van der Waals surface area contributed by atoms with Crippen molar-refractivity contribution in [1.29, 1.82) is 0 Å². The summed E-state index contributed by atoms with van der Waals surface area (Å²) in [4.78, 5) is 0. The summed E-state index contributed by atoms with van der Waals surface area (Å²) in [6.07, 6.45) is 16.3. The van der Waals surface area contributed by atoms with Crippen LogP contribution in [0.25, 0.3) is 0 Å². The van der Waals surface area contributed by atoms with Crippen LogP contribution in [-0.2, 0) is 4.43 Å². The Balaban J connectivity index is 1.52. The van der Waals surface area contributed by atoms with Gasteiger partial charge in [-0.1, -0.05) is 66.2 Å². The van der Waals surface area contributed by atoms with Gasteiger partial charge in [0.15, 0.2) is 8.32 Å². The monoisotopic (exact) mass is 470 g/mol. The Labute approximate surface area is 207 Å². The first-order valence-electron chi connectivity index (χ1n) is 14.2. The first-order valence-corrected chi connectivity index (χ1v) is 17.2. The summed E-state index contributed by atoms with van der Waals surface area (Å²) in [6, 6.07) is 0. The average molecular weight is 471 g/mol. The lowest BCUT2D eigenvalue weighted by atomic mass is 9.47. The second-order valence-corrected chi connectivity index (χ2v) is 19.4. The highest BCUT2D eigenvalue weighted by Crippen LogP contribution is 2.67. The highest BCUT2D eigenvalue weighted by molar-refractivity contribution is 6.74. The largest absolute Gasteiger partial charge is 0.414 e. The Kier molecular flexibility index (Phi) is 6.75. The van der Waals surface area contributed by atoms with Crippen molar-refractivity contribution in [1.82, 2.24) is 0 Å². The van der Waals surface area contributed by atoms with Crippen molar-refractivity contribution in [3.05, 3.63) is 24.3 Å². The molecule has 0 aromatic rings. The van der Waals surface area contributed by atoms with Crippen molar-refractivity contribution >= 4 is 8.32 Å². The number of allylic oxidation sites excluding steroid dienone is 2. The topological polar surface area (TPSA) is 9.23 Å². The maximum Gasteiger partial charge on any atom is 0.192 e. The number of rotatable bonds is 5. The molecule has 0 saturated heterocycles. The lowest BCUT2D eigenvalue weighted by Crippen LogP contribution is -2.52. The fourth-order valence-corrected chi connectivity index (χ4v) is 10.2. The van der Waals surface area contributed by atoms with Gasteiger partial charge in [-0.3, -0.25) is 0 Å². The van der Waals surface area contributed by atoms with Gasteiger partial charge in [0.2, 0.25) is 0 Å². The number of fused-ring (bicyclic) bond motifs is 5. The van der Waals surface area contributed by atoms with Crippen molar-refractivity contribution in [3.63, 3.8) is 0 Å². The highest BCUT2D eigenvalue weighted by Gasteiger charge is 2.59. The van der Waals surface area contributed by atoms with Gasteiger partial charge in [-0.25, -0.2) is 0 Å². The van der Waals surface area contributed by atoms with E-state index in [4.69, 9.17) is 4.43 Å². The molecule has 0 bridgehead atoms. The molecule has 0 aromatic carbocycles. The van der Waals surface area contributed by atoms with Crippen LogP contribution in [0.5, 0.6) is 0 Å². The summed E-state index contributed by atoms with van der Waals surface area (Å²) in [5.41, 5.74) is 2.74. The van der Waals surface area contributed by atoms with Crippen LogP contribution in [0.15, 0.2) is 24.3 Å². The van der Waals surface area contributed by atoms with Crippen LogP contribution in [0.1, 0.15) is 99.8 Å². The van der Waals surface area contributed by atoms with Crippen LogP contribution < -0.4 is 0 Å². The molecule has 0 radical (unpaired) electrons. The zero-order chi connectivity index (χ0) is 24.4. The van der Waals surface area contributed by atoms with E-state index in [9.17, 15) is 0 Å². The van der Waals surface area contributed by atoms with Gasteiger partial charge < -0.3 is 4.43 Å². The summed E-state index contributed by atoms with van der Waals surface area (Å²) < 4.78 is 6.92. The third kappa shape index (κ3) is 4.18. The molecule has 4 aliphatic carbocycles. The zero-order valence-electron chi connectivity index (χ0n) is 23.5. The van der Waals surface area contributed by atoms with Gasteiger partial charge in [-0.15, -0.1) is 6.58 Å². The molecule has 0 unspecified atom stereocenters. The lowest BCUT2D eigenvalue weighted by molar-refractivity contribution is -0.0580. The minimum absolute atomic E-state index is 0.298. The molecule has 0 aromatic heterocycles. The van der Waals surface area contributed by atoms with Crippen molar-refractivity contribution in [2.45, 2.75) is 124 Å². The Morgan fingerprint density at radius 2 is 1.76 bits per heavy atom. The predicted octanol–water partition coefficient (Wildman–Crippen LogP) is 9.41. The molecule has 2 heteroatoms. The van der Waals surface area contributed by atoms with Gasteiger partial charge in [0.25, 0.3) is 0 Å². The van der Waals surface area contributed by atoms with Gasteiger partial charge in [0.05, 0.1) is 0 Å². The van der Waals surface area contributed by atoms with E-state index in [0.717, 1.165) is 29.6 Å². The molecule has 188 valence electrons. The van der Waals surface area contributed by atoms with Crippen LogP contribution in [0.4, 0.5) is 0 Å². The van der Waals surface area contributed by atoms with Gasteiger partial charge in [-0.05, 0) is 116 Å².